The lowest BCUT2D eigenvalue weighted by atomic mass is 10.1. The molecular formula is C12H14FN3O2S. The molecule has 0 fully saturated rings. The quantitative estimate of drug-likeness (QED) is 0.918. The number of halogens is 1. The monoisotopic (exact) mass is 283 g/mol. The van der Waals surface area contributed by atoms with Crippen LogP contribution in [0.3, 0.4) is 0 Å². The van der Waals surface area contributed by atoms with E-state index in [1.807, 2.05) is 0 Å². The Morgan fingerprint density at radius 2 is 1.95 bits per heavy atom. The SMILES string of the molecule is CS(=O)(=O)CCn1nc(-c2ccc(F)cc2)cc1N. The van der Waals surface area contributed by atoms with Crippen LogP contribution in [0.1, 0.15) is 0 Å². The molecule has 0 atom stereocenters. The Hall–Kier alpha value is -1.89. The zero-order valence-corrected chi connectivity index (χ0v) is 11.2. The molecule has 1 aromatic carbocycles. The summed E-state index contributed by atoms with van der Waals surface area (Å²) in [5, 5.41) is 4.22. The number of nitrogens with zero attached hydrogens (tertiary/aromatic N) is 2. The molecule has 19 heavy (non-hydrogen) atoms. The molecule has 0 saturated heterocycles. The fraction of sp³-hybridized carbons (Fsp3) is 0.250. The molecule has 102 valence electrons. The van der Waals surface area contributed by atoms with E-state index in [0.29, 0.717) is 11.5 Å². The Morgan fingerprint density at radius 1 is 1.32 bits per heavy atom. The van der Waals surface area contributed by atoms with Crippen LogP contribution in [0.5, 0.6) is 0 Å². The van der Waals surface area contributed by atoms with Gasteiger partial charge in [0, 0.05) is 17.9 Å². The summed E-state index contributed by atoms with van der Waals surface area (Å²) in [6.07, 6.45) is 1.16. The van der Waals surface area contributed by atoms with E-state index >= 15 is 0 Å². The van der Waals surface area contributed by atoms with Gasteiger partial charge >= 0.3 is 0 Å². The summed E-state index contributed by atoms with van der Waals surface area (Å²) in [7, 11) is -3.07. The molecule has 0 spiro atoms. The fourth-order valence-corrected chi connectivity index (χ4v) is 2.13. The molecule has 1 heterocycles. The zero-order valence-electron chi connectivity index (χ0n) is 10.4. The van der Waals surface area contributed by atoms with E-state index in [1.54, 1.807) is 18.2 Å². The summed E-state index contributed by atoms with van der Waals surface area (Å²) in [4.78, 5) is 0. The molecule has 5 nitrogen and oxygen atoms in total. The molecule has 0 aliphatic carbocycles. The van der Waals surface area contributed by atoms with Crippen molar-refractivity contribution in [1.82, 2.24) is 9.78 Å². The Labute approximate surface area is 110 Å². The molecule has 0 bridgehead atoms. The van der Waals surface area contributed by atoms with Gasteiger partial charge in [0.2, 0.25) is 0 Å². The number of aryl methyl sites for hydroxylation is 1. The number of hydrogen-bond donors (Lipinski definition) is 1. The highest BCUT2D eigenvalue weighted by atomic mass is 32.2. The van der Waals surface area contributed by atoms with Crippen LogP contribution in [-0.2, 0) is 16.4 Å². The zero-order chi connectivity index (χ0) is 14.0. The maximum Gasteiger partial charge on any atom is 0.149 e. The van der Waals surface area contributed by atoms with Crippen LogP contribution in [0.2, 0.25) is 0 Å². The van der Waals surface area contributed by atoms with Gasteiger partial charge in [-0.15, -0.1) is 0 Å². The van der Waals surface area contributed by atoms with Gasteiger partial charge < -0.3 is 5.73 Å². The second-order valence-corrected chi connectivity index (χ2v) is 6.57. The lowest BCUT2D eigenvalue weighted by Crippen LogP contribution is -2.13. The summed E-state index contributed by atoms with van der Waals surface area (Å²) < 4.78 is 36.5. The number of anilines is 1. The standard InChI is InChI=1S/C12H14FN3O2S/c1-19(17,18)7-6-16-12(14)8-11(15-16)9-2-4-10(13)5-3-9/h2-5,8H,6-7,14H2,1H3. The molecule has 0 radical (unpaired) electrons. The van der Waals surface area contributed by atoms with Crippen molar-refractivity contribution in [3.8, 4) is 11.3 Å². The predicted octanol–water partition coefficient (Wildman–Crippen LogP) is 1.32. The third-order valence-electron chi connectivity index (χ3n) is 2.62. The lowest BCUT2D eigenvalue weighted by molar-refractivity contribution is 0.588. The number of hydrogen-bond acceptors (Lipinski definition) is 4. The third kappa shape index (κ3) is 3.54. The van der Waals surface area contributed by atoms with Crippen molar-refractivity contribution < 1.29 is 12.8 Å². The van der Waals surface area contributed by atoms with Gasteiger partial charge in [0.15, 0.2) is 0 Å². The molecule has 7 heteroatoms. The van der Waals surface area contributed by atoms with Gasteiger partial charge in [-0.3, -0.25) is 0 Å². The first-order valence-corrected chi connectivity index (χ1v) is 7.68. The van der Waals surface area contributed by atoms with Crippen molar-refractivity contribution in [3.63, 3.8) is 0 Å². The van der Waals surface area contributed by atoms with Gasteiger partial charge in [0.1, 0.15) is 21.5 Å². The van der Waals surface area contributed by atoms with E-state index < -0.39 is 9.84 Å². The maximum atomic E-state index is 12.8. The van der Waals surface area contributed by atoms with Crippen molar-refractivity contribution >= 4 is 15.7 Å². The Kier molecular flexibility index (Phi) is 3.57. The Balaban J connectivity index is 2.23. The van der Waals surface area contributed by atoms with Crippen molar-refractivity contribution in [1.29, 1.82) is 0 Å². The van der Waals surface area contributed by atoms with Crippen LogP contribution in [0.4, 0.5) is 10.2 Å². The molecule has 1 aromatic heterocycles. The number of aromatic nitrogens is 2. The molecule has 0 aliphatic rings. The minimum atomic E-state index is -3.07. The van der Waals surface area contributed by atoms with Gasteiger partial charge in [-0.25, -0.2) is 17.5 Å². The molecule has 2 rings (SSSR count). The molecule has 2 N–H and O–H groups in total. The normalized spacial score (nSPS) is 11.7. The van der Waals surface area contributed by atoms with Crippen molar-refractivity contribution in [2.75, 3.05) is 17.7 Å². The molecule has 0 unspecified atom stereocenters. The van der Waals surface area contributed by atoms with Gasteiger partial charge in [0.25, 0.3) is 0 Å². The topological polar surface area (TPSA) is 78.0 Å². The lowest BCUT2D eigenvalue weighted by Gasteiger charge is -2.02. The molecule has 0 saturated carbocycles. The third-order valence-corrected chi connectivity index (χ3v) is 3.55. The highest BCUT2D eigenvalue weighted by Crippen LogP contribution is 2.20. The van der Waals surface area contributed by atoms with E-state index in [0.717, 1.165) is 11.8 Å². The fourth-order valence-electron chi connectivity index (χ4n) is 1.62. The van der Waals surface area contributed by atoms with Gasteiger partial charge in [-0.1, -0.05) is 0 Å². The van der Waals surface area contributed by atoms with Gasteiger partial charge in [-0.2, -0.15) is 5.10 Å². The summed E-state index contributed by atoms with van der Waals surface area (Å²) in [5.74, 6) is 0.0260. The van der Waals surface area contributed by atoms with Crippen LogP contribution in [0, 0.1) is 5.82 Å². The smallest absolute Gasteiger partial charge is 0.149 e. The van der Waals surface area contributed by atoms with Gasteiger partial charge in [-0.05, 0) is 24.3 Å². The summed E-state index contributed by atoms with van der Waals surface area (Å²) in [5.41, 5.74) is 7.09. The first-order valence-electron chi connectivity index (χ1n) is 5.62. The average Bonchev–Trinajstić information content (AvgIpc) is 2.68. The van der Waals surface area contributed by atoms with E-state index in [1.165, 1.54) is 16.8 Å². The van der Waals surface area contributed by atoms with E-state index in [-0.39, 0.29) is 18.1 Å². The number of sulfone groups is 1. The average molecular weight is 283 g/mol. The van der Waals surface area contributed by atoms with Crippen molar-refractivity contribution in [3.05, 3.63) is 36.1 Å². The predicted molar refractivity (Wildman–Crippen MR) is 71.7 cm³/mol. The van der Waals surface area contributed by atoms with Crippen LogP contribution in [0.25, 0.3) is 11.3 Å². The highest BCUT2D eigenvalue weighted by molar-refractivity contribution is 7.90. The molecule has 0 aliphatic heterocycles. The van der Waals surface area contributed by atoms with Crippen molar-refractivity contribution in [2.24, 2.45) is 0 Å². The summed E-state index contributed by atoms with van der Waals surface area (Å²) >= 11 is 0. The molecule has 0 amide bonds. The molecular weight excluding hydrogens is 269 g/mol. The van der Waals surface area contributed by atoms with Crippen molar-refractivity contribution in [2.45, 2.75) is 6.54 Å². The Bertz CT molecular complexity index is 678. The second kappa shape index (κ2) is 5.00. The minimum absolute atomic E-state index is 0.0261. The number of benzene rings is 1. The number of rotatable bonds is 4. The first-order chi connectivity index (χ1) is 8.85. The second-order valence-electron chi connectivity index (χ2n) is 4.31. The number of nitrogens with two attached hydrogens (primary N) is 1. The Morgan fingerprint density at radius 3 is 2.53 bits per heavy atom. The van der Waals surface area contributed by atoms with Crippen LogP contribution >= 0.6 is 0 Å². The largest absolute Gasteiger partial charge is 0.384 e. The minimum Gasteiger partial charge on any atom is -0.384 e. The van der Waals surface area contributed by atoms with Crippen LogP contribution in [-0.4, -0.2) is 30.2 Å². The van der Waals surface area contributed by atoms with E-state index in [4.69, 9.17) is 5.73 Å². The van der Waals surface area contributed by atoms with Crippen LogP contribution < -0.4 is 5.73 Å². The highest BCUT2D eigenvalue weighted by Gasteiger charge is 2.09. The summed E-state index contributed by atoms with van der Waals surface area (Å²) in [6, 6.07) is 7.49. The first kappa shape index (κ1) is 13.5. The number of nitrogen functional groups attached to an aromatic ring is 1. The van der Waals surface area contributed by atoms with Crippen LogP contribution in [0.15, 0.2) is 30.3 Å². The maximum absolute atomic E-state index is 12.8. The van der Waals surface area contributed by atoms with E-state index in [9.17, 15) is 12.8 Å². The summed E-state index contributed by atoms with van der Waals surface area (Å²) in [6.45, 7) is 0.200. The molecule has 2 aromatic rings. The van der Waals surface area contributed by atoms with Gasteiger partial charge in [0.05, 0.1) is 18.0 Å². The van der Waals surface area contributed by atoms with E-state index in [2.05, 4.69) is 5.10 Å².